The summed E-state index contributed by atoms with van der Waals surface area (Å²) in [6.45, 7) is 6.37. The number of anilines is 2. The average Bonchev–Trinajstić information content (AvgIpc) is 2.60. The summed E-state index contributed by atoms with van der Waals surface area (Å²) >= 11 is 11.4. The molecule has 0 radical (unpaired) electrons. The SMILES string of the molecule is CCN(CC)S(=O)(=O)c1cccc(NC(=S)Nc2cccc(Cl)c2C)c1. The fourth-order valence-electron chi connectivity index (χ4n) is 2.47. The fourth-order valence-corrected chi connectivity index (χ4v) is 4.38. The highest BCUT2D eigenvalue weighted by atomic mass is 35.5. The van der Waals surface area contributed by atoms with Crippen molar-refractivity contribution in [2.45, 2.75) is 25.7 Å². The molecule has 2 N–H and O–H groups in total. The van der Waals surface area contributed by atoms with Crippen LogP contribution in [-0.2, 0) is 10.0 Å². The van der Waals surface area contributed by atoms with Gasteiger partial charge in [-0.25, -0.2) is 8.42 Å². The minimum atomic E-state index is -3.52. The molecule has 0 aliphatic carbocycles. The molecule has 2 rings (SSSR count). The normalized spacial score (nSPS) is 11.4. The molecule has 0 bridgehead atoms. The summed E-state index contributed by atoms with van der Waals surface area (Å²) in [7, 11) is -3.52. The van der Waals surface area contributed by atoms with E-state index in [0.717, 1.165) is 11.3 Å². The zero-order chi connectivity index (χ0) is 19.3. The first-order valence-corrected chi connectivity index (χ1v) is 10.5. The van der Waals surface area contributed by atoms with Gasteiger partial charge in [-0.1, -0.05) is 37.6 Å². The Morgan fingerprint density at radius 2 is 1.77 bits per heavy atom. The van der Waals surface area contributed by atoms with Gasteiger partial charge in [-0.05, 0) is 55.0 Å². The predicted molar refractivity (Wildman–Crippen MR) is 113 cm³/mol. The number of nitrogens with one attached hydrogen (secondary N) is 2. The molecule has 2 aromatic carbocycles. The van der Waals surface area contributed by atoms with Gasteiger partial charge >= 0.3 is 0 Å². The van der Waals surface area contributed by atoms with Crippen molar-refractivity contribution in [2.75, 3.05) is 23.7 Å². The number of hydrogen-bond donors (Lipinski definition) is 2. The maximum atomic E-state index is 12.6. The largest absolute Gasteiger partial charge is 0.332 e. The molecule has 0 atom stereocenters. The maximum absolute atomic E-state index is 12.6. The Morgan fingerprint density at radius 1 is 1.12 bits per heavy atom. The standard InChI is InChI=1S/C18H22ClN3O2S2/c1-4-22(5-2)26(23,24)15-9-6-8-14(12-15)20-18(25)21-17-11-7-10-16(19)13(17)3/h6-12H,4-5H2,1-3H3,(H2,20,21,25). The Balaban J connectivity index is 2.18. The van der Waals surface area contributed by atoms with E-state index in [-0.39, 0.29) is 4.90 Å². The molecule has 5 nitrogen and oxygen atoms in total. The average molecular weight is 412 g/mol. The zero-order valence-electron chi connectivity index (χ0n) is 14.9. The number of thiocarbonyl (C=S) groups is 1. The third kappa shape index (κ3) is 4.73. The Morgan fingerprint density at radius 3 is 2.42 bits per heavy atom. The first-order valence-electron chi connectivity index (χ1n) is 8.23. The van der Waals surface area contributed by atoms with Gasteiger partial charge in [0, 0.05) is 29.5 Å². The first kappa shape index (κ1) is 20.6. The molecule has 0 saturated carbocycles. The fraction of sp³-hybridized carbons (Fsp3) is 0.278. The van der Waals surface area contributed by atoms with Crippen molar-refractivity contribution >= 4 is 50.3 Å². The third-order valence-corrected chi connectivity index (χ3v) is 6.61. The smallest absolute Gasteiger partial charge is 0.243 e. The van der Waals surface area contributed by atoms with Crippen molar-refractivity contribution in [3.8, 4) is 0 Å². The lowest BCUT2D eigenvalue weighted by atomic mass is 10.2. The second-order valence-corrected chi connectivity index (χ2v) is 8.36. The van der Waals surface area contributed by atoms with Crippen LogP contribution in [0, 0.1) is 6.92 Å². The van der Waals surface area contributed by atoms with E-state index in [1.54, 1.807) is 30.3 Å². The van der Waals surface area contributed by atoms with Gasteiger partial charge in [0.05, 0.1) is 4.90 Å². The zero-order valence-corrected chi connectivity index (χ0v) is 17.3. The van der Waals surface area contributed by atoms with E-state index in [9.17, 15) is 8.42 Å². The second-order valence-electron chi connectivity index (χ2n) is 5.61. The summed E-state index contributed by atoms with van der Waals surface area (Å²) < 4.78 is 26.7. The van der Waals surface area contributed by atoms with Crippen molar-refractivity contribution in [1.82, 2.24) is 4.31 Å². The summed E-state index contributed by atoms with van der Waals surface area (Å²) in [6, 6.07) is 12.1. The number of benzene rings is 2. The van der Waals surface area contributed by atoms with Gasteiger partial charge in [0.15, 0.2) is 5.11 Å². The molecule has 0 heterocycles. The molecule has 0 fully saturated rings. The predicted octanol–water partition coefficient (Wildman–Crippen LogP) is 4.49. The van der Waals surface area contributed by atoms with Crippen molar-refractivity contribution in [3.63, 3.8) is 0 Å². The van der Waals surface area contributed by atoms with Crippen LogP contribution in [0.3, 0.4) is 0 Å². The van der Waals surface area contributed by atoms with Crippen LogP contribution in [0.4, 0.5) is 11.4 Å². The van der Waals surface area contributed by atoms with Crippen LogP contribution < -0.4 is 10.6 Å². The summed E-state index contributed by atoms with van der Waals surface area (Å²) in [4.78, 5) is 0.230. The lowest BCUT2D eigenvalue weighted by Crippen LogP contribution is -2.30. The molecule has 0 spiro atoms. The van der Waals surface area contributed by atoms with Gasteiger partial charge in [0.1, 0.15) is 0 Å². The number of halogens is 1. The Bertz CT molecular complexity index is 897. The summed E-state index contributed by atoms with van der Waals surface area (Å²) in [5.41, 5.74) is 2.27. The highest BCUT2D eigenvalue weighted by molar-refractivity contribution is 7.89. The number of nitrogens with zero attached hydrogens (tertiary/aromatic N) is 1. The molecule has 2 aromatic rings. The molecular weight excluding hydrogens is 390 g/mol. The minimum Gasteiger partial charge on any atom is -0.332 e. The van der Waals surface area contributed by atoms with E-state index >= 15 is 0 Å². The molecular formula is C18H22ClN3O2S2. The minimum absolute atomic E-state index is 0.230. The van der Waals surface area contributed by atoms with Crippen LogP contribution >= 0.6 is 23.8 Å². The Hall–Kier alpha value is -1.67. The highest BCUT2D eigenvalue weighted by Gasteiger charge is 2.21. The van der Waals surface area contributed by atoms with E-state index < -0.39 is 10.0 Å². The van der Waals surface area contributed by atoms with Gasteiger partial charge in [-0.15, -0.1) is 0 Å². The van der Waals surface area contributed by atoms with Gasteiger partial charge in [-0.2, -0.15) is 4.31 Å². The lowest BCUT2D eigenvalue weighted by molar-refractivity contribution is 0.445. The highest BCUT2D eigenvalue weighted by Crippen LogP contribution is 2.24. The molecule has 0 aliphatic heterocycles. The van der Waals surface area contributed by atoms with E-state index in [1.807, 2.05) is 32.9 Å². The molecule has 26 heavy (non-hydrogen) atoms. The van der Waals surface area contributed by atoms with Crippen LogP contribution in [0.15, 0.2) is 47.4 Å². The number of rotatable bonds is 6. The van der Waals surface area contributed by atoms with Crippen molar-refractivity contribution in [3.05, 3.63) is 53.1 Å². The van der Waals surface area contributed by atoms with Crippen molar-refractivity contribution < 1.29 is 8.42 Å². The maximum Gasteiger partial charge on any atom is 0.243 e. The van der Waals surface area contributed by atoms with Crippen LogP contribution in [0.25, 0.3) is 0 Å². The monoisotopic (exact) mass is 411 g/mol. The molecule has 8 heteroatoms. The summed E-state index contributed by atoms with van der Waals surface area (Å²) in [5, 5.41) is 7.10. The number of hydrogen-bond acceptors (Lipinski definition) is 3. The van der Waals surface area contributed by atoms with E-state index in [1.165, 1.54) is 4.31 Å². The quantitative estimate of drug-likeness (QED) is 0.686. The molecule has 0 amide bonds. The van der Waals surface area contributed by atoms with Crippen LogP contribution in [0.1, 0.15) is 19.4 Å². The molecule has 140 valence electrons. The second kappa shape index (κ2) is 8.81. The molecule has 0 aromatic heterocycles. The van der Waals surface area contributed by atoms with Gasteiger partial charge in [-0.3, -0.25) is 0 Å². The molecule has 0 saturated heterocycles. The Kier molecular flexibility index (Phi) is 7.00. The molecule has 0 unspecified atom stereocenters. The first-order chi connectivity index (χ1) is 12.3. The van der Waals surface area contributed by atoms with Crippen LogP contribution in [0.2, 0.25) is 5.02 Å². The summed E-state index contributed by atoms with van der Waals surface area (Å²) in [6.07, 6.45) is 0. The lowest BCUT2D eigenvalue weighted by Gasteiger charge is -2.19. The van der Waals surface area contributed by atoms with Gasteiger partial charge in [0.25, 0.3) is 0 Å². The summed E-state index contributed by atoms with van der Waals surface area (Å²) in [5.74, 6) is 0. The Labute approximate surface area is 165 Å². The van der Waals surface area contributed by atoms with E-state index in [0.29, 0.717) is 28.9 Å². The van der Waals surface area contributed by atoms with Crippen molar-refractivity contribution in [2.24, 2.45) is 0 Å². The van der Waals surface area contributed by atoms with Gasteiger partial charge in [0.2, 0.25) is 10.0 Å². The topological polar surface area (TPSA) is 61.4 Å². The van der Waals surface area contributed by atoms with Crippen LogP contribution in [0.5, 0.6) is 0 Å². The van der Waals surface area contributed by atoms with Crippen molar-refractivity contribution in [1.29, 1.82) is 0 Å². The number of sulfonamides is 1. The van der Waals surface area contributed by atoms with E-state index in [4.69, 9.17) is 23.8 Å². The van der Waals surface area contributed by atoms with Gasteiger partial charge < -0.3 is 10.6 Å². The third-order valence-electron chi connectivity index (χ3n) is 3.95. The van der Waals surface area contributed by atoms with E-state index in [2.05, 4.69) is 10.6 Å². The molecule has 0 aliphatic rings. The van der Waals surface area contributed by atoms with Crippen LogP contribution in [-0.4, -0.2) is 30.9 Å².